The van der Waals surface area contributed by atoms with Crippen molar-refractivity contribution in [2.45, 2.75) is 19.3 Å². The van der Waals surface area contributed by atoms with E-state index in [1.165, 1.54) is 16.3 Å². The first kappa shape index (κ1) is 16.4. The molecule has 0 aliphatic carbocycles. The summed E-state index contributed by atoms with van der Waals surface area (Å²) in [5.74, 6) is 0.358. The van der Waals surface area contributed by atoms with Crippen LogP contribution in [0.25, 0.3) is 21.9 Å². The number of hydrogen-bond donors (Lipinski definition) is 1. The van der Waals surface area contributed by atoms with Crippen LogP contribution in [-0.4, -0.2) is 5.11 Å². The Morgan fingerprint density at radius 3 is 2.12 bits per heavy atom. The van der Waals surface area contributed by atoms with Gasteiger partial charge in [0.1, 0.15) is 5.75 Å². The maximum absolute atomic E-state index is 11.1. The number of para-hydroxylation sites is 1. The van der Waals surface area contributed by atoms with Gasteiger partial charge in [0, 0.05) is 16.5 Å². The molecule has 0 fully saturated rings. The Morgan fingerprint density at radius 2 is 1.35 bits per heavy atom. The van der Waals surface area contributed by atoms with Gasteiger partial charge in [-0.1, -0.05) is 98.8 Å². The second-order valence-corrected chi connectivity index (χ2v) is 7.25. The van der Waals surface area contributed by atoms with E-state index in [1.54, 1.807) is 0 Å². The van der Waals surface area contributed by atoms with E-state index in [2.05, 4.69) is 56.3 Å². The monoisotopic (exact) mass is 338 g/mol. The van der Waals surface area contributed by atoms with Crippen molar-refractivity contribution in [1.82, 2.24) is 0 Å². The van der Waals surface area contributed by atoms with Gasteiger partial charge in [-0.15, -0.1) is 0 Å². The van der Waals surface area contributed by atoms with Crippen LogP contribution in [0.3, 0.4) is 0 Å². The van der Waals surface area contributed by atoms with E-state index in [-0.39, 0.29) is 5.41 Å². The minimum Gasteiger partial charge on any atom is -0.507 e. The summed E-state index contributed by atoms with van der Waals surface area (Å²) in [6.45, 7) is 4.31. The van der Waals surface area contributed by atoms with E-state index >= 15 is 0 Å². The van der Waals surface area contributed by atoms with Crippen LogP contribution >= 0.6 is 0 Å². The van der Waals surface area contributed by atoms with Crippen LogP contribution in [-0.2, 0) is 5.41 Å². The lowest BCUT2D eigenvalue weighted by atomic mass is 9.76. The van der Waals surface area contributed by atoms with Crippen LogP contribution in [0.4, 0.5) is 0 Å². The molecule has 0 radical (unpaired) electrons. The molecule has 0 atom stereocenters. The summed E-state index contributed by atoms with van der Waals surface area (Å²) in [6, 6.07) is 31.0. The highest BCUT2D eigenvalue weighted by atomic mass is 16.3. The van der Waals surface area contributed by atoms with Gasteiger partial charge in [-0.2, -0.15) is 0 Å². The third-order valence-electron chi connectivity index (χ3n) is 5.27. The molecule has 128 valence electrons. The number of phenols is 1. The molecule has 1 nitrogen and oxygen atoms in total. The van der Waals surface area contributed by atoms with Gasteiger partial charge in [-0.05, 0) is 28.0 Å². The van der Waals surface area contributed by atoms with Crippen LogP contribution in [0.2, 0.25) is 0 Å². The topological polar surface area (TPSA) is 20.2 Å². The van der Waals surface area contributed by atoms with Crippen molar-refractivity contribution in [2.75, 3.05) is 0 Å². The number of benzene rings is 4. The van der Waals surface area contributed by atoms with Crippen LogP contribution in [0.5, 0.6) is 5.75 Å². The van der Waals surface area contributed by atoms with Gasteiger partial charge in [0.05, 0.1) is 0 Å². The summed E-state index contributed by atoms with van der Waals surface area (Å²) >= 11 is 0. The Labute approximate surface area is 154 Å². The molecule has 0 heterocycles. The number of rotatable bonds is 3. The van der Waals surface area contributed by atoms with Crippen molar-refractivity contribution in [1.29, 1.82) is 0 Å². The molecule has 0 saturated carbocycles. The average Bonchev–Trinajstić information content (AvgIpc) is 2.68. The summed E-state index contributed by atoms with van der Waals surface area (Å²) < 4.78 is 0. The Bertz CT molecular complexity index is 1060. The maximum atomic E-state index is 11.1. The average molecular weight is 338 g/mol. The van der Waals surface area contributed by atoms with Gasteiger partial charge in [0.15, 0.2) is 0 Å². The first-order chi connectivity index (χ1) is 12.6. The van der Waals surface area contributed by atoms with Crippen LogP contribution in [0.1, 0.15) is 25.0 Å². The van der Waals surface area contributed by atoms with Crippen molar-refractivity contribution in [3.63, 3.8) is 0 Å². The molecular weight excluding hydrogens is 316 g/mol. The van der Waals surface area contributed by atoms with Gasteiger partial charge < -0.3 is 5.11 Å². The minimum atomic E-state index is -0.280. The normalized spacial score (nSPS) is 11.6. The van der Waals surface area contributed by atoms with Crippen molar-refractivity contribution >= 4 is 10.8 Å². The summed E-state index contributed by atoms with van der Waals surface area (Å²) in [5, 5.41) is 13.5. The second kappa shape index (κ2) is 6.34. The fourth-order valence-electron chi connectivity index (χ4n) is 3.65. The lowest BCUT2D eigenvalue weighted by molar-refractivity contribution is 0.455. The molecule has 0 aromatic heterocycles. The lowest BCUT2D eigenvalue weighted by Gasteiger charge is -2.28. The number of fused-ring (bicyclic) bond motifs is 1. The first-order valence-electron chi connectivity index (χ1n) is 8.94. The molecule has 0 saturated heterocycles. The summed E-state index contributed by atoms with van der Waals surface area (Å²) in [7, 11) is 0. The molecule has 26 heavy (non-hydrogen) atoms. The highest BCUT2D eigenvalue weighted by molar-refractivity contribution is 5.88. The molecule has 0 bridgehead atoms. The predicted octanol–water partition coefficient (Wildman–Crippen LogP) is 6.54. The Hall–Kier alpha value is -3.06. The largest absolute Gasteiger partial charge is 0.507 e. The lowest BCUT2D eigenvalue weighted by Crippen LogP contribution is -2.19. The quantitative estimate of drug-likeness (QED) is 0.450. The Morgan fingerprint density at radius 1 is 0.654 bits per heavy atom. The number of hydrogen-bond acceptors (Lipinski definition) is 1. The Kier molecular flexibility index (Phi) is 4.00. The minimum absolute atomic E-state index is 0.280. The molecule has 0 aliphatic heterocycles. The molecule has 4 aromatic carbocycles. The highest BCUT2D eigenvalue weighted by Gasteiger charge is 2.27. The smallest absolute Gasteiger partial charge is 0.127 e. The van der Waals surface area contributed by atoms with E-state index in [1.807, 2.05) is 48.5 Å². The van der Waals surface area contributed by atoms with Crippen molar-refractivity contribution in [2.24, 2.45) is 0 Å². The zero-order valence-corrected chi connectivity index (χ0v) is 15.1. The standard InChI is InChI=1S/C25H22O/c1-25(2,21-11-4-3-5-12-21)23-14-8-13-22(24(23)26)20-16-15-18-9-6-7-10-19(18)17-20/h3-17,26H,1-2H3. The predicted molar refractivity (Wildman–Crippen MR) is 110 cm³/mol. The fraction of sp³-hybridized carbons (Fsp3) is 0.120. The fourth-order valence-corrected chi connectivity index (χ4v) is 3.65. The van der Waals surface area contributed by atoms with Crippen molar-refractivity contribution < 1.29 is 5.11 Å². The van der Waals surface area contributed by atoms with E-state index in [4.69, 9.17) is 0 Å². The van der Waals surface area contributed by atoms with Crippen molar-refractivity contribution in [3.8, 4) is 16.9 Å². The molecule has 4 rings (SSSR count). The maximum Gasteiger partial charge on any atom is 0.127 e. The molecule has 1 N–H and O–H groups in total. The van der Waals surface area contributed by atoms with E-state index in [9.17, 15) is 5.11 Å². The molecule has 1 heteroatoms. The molecule has 0 aliphatic rings. The van der Waals surface area contributed by atoms with Gasteiger partial charge in [-0.3, -0.25) is 0 Å². The van der Waals surface area contributed by atoms with E-state index in [0.29, 0.717) is 5.75 Å². The third-order valence-corrected chi connectivity index (χ3v) is 5.27. The molecule has 0 unspecified atom stereocenters. The van der Waals surface area contributed by atoms with E-state index in [0.717, 1.165) is 16.7 Å². The molecule has 0 spiro atoms. The van der Waals surface area contributed by atoms with Gasteiger partial charge in [-0.25, -0.2) is 0 Å². The van der Waals surface area contributed by atoms with Crippen LogP contribution in [0, 0.1) is 0 Å². The van der Waals surface area contributed by atoms with Crippen molar-refractivity contribution in [3.05, 3.63) is 102 Å². The zero-order chi connectivity index (χ0) is 18.1. The highest BCUT2D eigenvalue weighted by Crippen LogP contribution is 2.42. The molecule has 4 aromatic rings. The van der Waals surface area contributed by atoms with Gasteiger partial charge >= 0.3 is 0 Å². The number of aromatic hydroxyl groups is 1. The summed E-state index contributed by atoms with van der Waals surface area (Å²) in [6.07, 6.45) is 0. The Balaban J connectivity index is 1.85. The first-order valence-corrected chi connectivity index (χ1v) is 8.94. The van der Waals surface area contributed by atoms with E-state index < -0.39 is 0 Å². The van der Waals surface area contributed by atoms with Crippen LogP contribution in [0.15, 0.2) is 91.0 Å². The SMILES string of the molecule is CC(C)(c1ccccc1)c1cccc(-c2ccc3ccccc3c2)c1O. The summed E-state index contributed by atoms with van der Waals surface area (Å²) in [5.41, 5.74) is 3.75. The van der Waals surface area contributed by atoms with Gasteiger partial charge in [0.2, 0.25) is 0 Å². The third kappa shape index (κ3) is 2.76. The molecular formula is C25H22O. The zero-order valence-electron chi connectivity index (χ0n) is 15.1. The number of phenolic OH excluding ortho intramolecular Hbond substituents is 1. The summed E-state index contributed by atoms with van der Waals surface area (Å²) in [4.78, 5) is 0. The molecule has 0 amide bonds. The second-order valence-electron chi connectivity index (χ2n) is 7.25. The van der Waals surface area contributed by atoms with Gasteiger partial charge in [0.25, 0.3) is 0 Å². The van der Waals surface area contributed by atoms with Crippen LogP contribution < -0.4 is 0 Å².